The Morgan fingerprint density at radius 2 is 0.846 bits per heavy atom. The van der Waals surface area contributed by atoms with E-state index in [1.165, 1.54) is 0 Å². The number of phosphoric acid groups is 2. The van der Waals surface area contributed by atoms with E-state index in [9.17, 15) is 47.7 Å². The molecule has 0 aliphatic heterocycles. The molecule has 304 valence electrons. The topological polar surface area (TPSA) is 343 Å². The molecule has 22 nitrogen and oxygen atoms in total. The molecule has 52 heavy (non-hydrogen) atoms. The van der Waals surface area contributed by atoms with E-state index in [0.717, 1.165) is 0 Å². The summed E-state index contributed by atoms with van der Waals surface area (Å²) in [6.45, 7) is 3.70. The van der Waals surface area contributed by atoms with Crippen LogP contribution in [0.5, 0.6) is 0 Å². The minimum Gasteiger partial charge on any atom is -0.480 e. The van der Waals surface area contributed by atoms with Crippen LogP contribution in [0.3, 0.4) is 0 Å². The monoisotopic (exact) mass is 798 g/mol. The van der Waals surface area contributed by atoms with Crippen LogP contribution in [-0.2, 0) is 74.9 Å². The zero-order chi connectivity index (χ0) is 40.3. The first-order valence-electron chi connectivity index (χ1n) is 16.1. The van der Waals surface area contributed by atoms with Crippen molar-refractivity contribution in [2.24, 2.45) is 11.5 Å². The fraction of sp³-hybridized carbons (Fsp3) is 0.786. The van der Waals surface area contributed by atoms with Crippen molar-refractivity contribution in [1.82, 2.24) is 0 Å². The van der Waals surface area contributed by atoms with Gasteiger partial charge in [-0.1, -0.05) is 27.7 Å². The number of hydrogen-bond acceptors (Lipinski definition) is 18. The highest BCUT2D eigenvalue weighted by molar-refractivity contribution is 7.47. The Hall–Kier alpha value is -3.04. The van der Waals surface area contributed by atoms with Crippen molar-refractivity contribution in [1.29, 1.82) is 0 Å². The lowest BCUT2D eigenvalue weighted by atomic mass is 10.3. The standard InChI is InChI=1S/2C14H26NO10P/c1-3-5-12(16)22-7-10(25-13(17)6-4-2)8-23-26(20,21)24-9-11(15)14(18)19;1-3-5-12(16)22-7-10(8-23-13(17)6-4-2)25-26(20,21)24-9-11(15)14(18)19/h2*10-11H,3-9,15H2,1-2H3,(H,18,19)(H,20,21). The molecule has 0 bridgehead atoms. The zero-order valence-corrected chi connectivity index (χ0v) is 31.4. The van der Waals surface area contributed by atoms with Crippen LogP contribution in [-0.4, -0.2) is 120 Å². The van der Waals surface area contributed by atoms with Gasteiger partial charge < -0.3 is 50.4 Å². The van der Waals surface area contributed by atoms with Crippen molar-refractivity contribution >= 4 is 51.5 Å². The first-order valence-corrected chi connectivity index (χ1v) is 19.1. The van der Waals surface area contributed by atoms with Gasteiger partial charge in [-0.2, -0.15) is 0 Å². The molecule has 0 fully saturated rings. The summed E-state index contributed by atoms with van der Waals surface area (Å²) in [5.74, 6) is -5.05. The van der Waals surface area contributed by atoms with Crippen molar-refractivity contribution in [3.05, 3.63) is 0 Å². The predicted molar refractivity (Wildman–Crippen MR) is 176 cm³/mol. The van der Waals surface area contributed by atoms with E-state index in [1.54, 1.807) is 27.7 Å². The SMILES string of the molecule is CCCC(=O)OCC(COC(=O)CCC)OP(=O)(O)OCC(N)C(=O)O.CCCC(=O)OCC(COP(=O)(O)OCC(N)C(=O)O)OC(=O)CCC. The van der Waals surface area contributed by atoms with Crippen LogP contribution in [0, 0.1) is 0 Å². The van der Waals surface area contributed by atoms with Crippen LogP contribution in [0.25, 0.3) is 0 Å². The third-order valence-corrected chi connectivity index (χ3v) is 7.57. The van der Waals surface area contributed by atoms with Crippen molar-refractivity contribution in [3.8, 4) is 0 Å². The van der Waals surface area contributed by atoms with E-state index in [4.69, 9.17) is 45.2 Å². The number of ether oxygens (including phenoxy) is 4. The van der Waals surface area contributed by atoms with E-state index in [-0.39, 0.29) is 32.3 Å². The number of phosphoric ester groups is 2. The first kappa shape index (κ1) is 51.1. The van der Waals surface area contributed by atoms with Crippen LogP contribution in [0.2, 0.25) is 0 Å². The lowest BCUT2D eigenvalue weighted by Crippen LogP contribution is -2.35. The summed E-state index contributed by atoms with van der Waals surface area (Å²) >= 11 is 0. The lowest BCUT2D eigenvalue weighted by Gasteiger charge is -2.21. The first-order chi connectivity index (χ1) is 24.2. The number of hydrogen-bond donors (Lipinski definition) is 6. The van der Waals surface area contributed by atoms with Gasteiger partial charge in [0.1, 0.15) is 38.0 Å². The van der Waals surface area contributed by atoms with Crippen molar-refractivity contribution < 1.29 is 94.9 Å². The second-order valence-corrected chi connectivity index (χ2v) is 13.5. The van der Waals surface area contributed by atoms with Gasteiger partial charge in [0.2, 0.25) is 0 Å². The lowest BCUT2D eigenvalue weighted by molar-refractivity contribution is -0.161. The summed E-state index contributed by atoms with van der Waals surface area (Å²) in [5, 5.41) is 17.2. The molecule has 0 aromatic carbocycles. The summed E-state index contributed by atoms with van der Waals surface area (Å²) in [6.07, 6.45) is 0.364. The van der Waals surface area contributed by atoms with E-state index in [2.05, 4.69) is 13.6 Å². The van der Waals surface area contributed by atoms with Gasteiger partial charge in [-0.05, 0) is 25.7 Å². The maximum absolute atomic E-state index is 11.9. The van der Waals surface area contributed by atoms with Crippen LogP contribution in [0.1, 0.15) is 79.1 Å². The van der Waals surface area contributed by atoms with Crippen molar-refractivity contribution in [2.45, 2.75) is 103 Å². The Kier molecular flexibility index (Phi) is 28.0. The molecule has 5 unspecified atom stereocenters. The molecule has 5 atom stereocenters. The molecule has 0 saturated heterocycles. The molecule has 0 rings (SSSR count). The Balaban J connectivity index is 0. The summed E-state index contributed by atoms with van der Waals surface area (Å²) in [5.41, 5.74) is 10.3. The highest BCUT2D eigenvalue weighted by atomic mass is 31.2. The molecule has 0 amide bonds. The molecule has 0 spiro atoms. The molecular weight excluding hydrogens is 746 g/mol. The Labute approximate surface area is 300 Å². The summed E-state index contributed by atoms with van der Waals surface area (Å²) in [6, 6.07) is -3.03. The molecule has 0 saturated carbocycles. The number of carbonyl (C=O) groups is 6. The van der Waals surface area contributed by atoms with Gasteiger partial charge in [-0.25, -0.2) is 9.13 Å². The highest BCUT2D eigenvalue weighted by Crippen LogP contribution is 2.45. The second-order valence-electron chi connectivity index (χ2n) is 10.6. The quantitative estimate of drug-likeness (QED) is 0.0367. The van der Waals surface area contributed by atoms with Crippen LogP contribution in [0.15, 0.2) is 0 Å². The van der Waals surface area contributed by atoms with Gasteiger partial charge in [0.05, 0.1) is 19.8 Å². The maximum Gasteiger partial charge on any atom is 0.472 e. The largest absolute Gasteiger partial charge is 0.480 e. The molecule has 24 heteroatoms. The summed E-state index contributed by atoms with van der Waals surface area (Å²) in [4.78, 5) is 86.1. The number of aliphatic carboxylic acids is 2. The van der Waals surface area contributed by atoms with Gasteiger partial charge in [-0.15, -0.1) is 0 Å². The fourth-order valence-electron chi connectivity index (χ4n) is 2.99. The van der Waals surface area contributed by atoms with Crippen molar-refractivity contribution in [2.75, 3.05) is 39.6 Å². The average molecular weight is 799 g/mol. The molecule has 0 heterocycles. The molecule has 0 aliphatic carbocycles. The van der Waals surface area contributed by atoms with E-state index in [1.807, 2.05) is 0 Å². The van der Waals surface area contributed by atoms with Gasteiger partial charge in [0, 0.05) is 25.7 Å². The maximum atomic E-state index is 11.9. The minimum atomic E-state index is -4.72. The Morgan fingerprint density at radius 3 is 1.21 bits per heavy atom. The van der Waals surface area contributed by atoms with Gasteiger partial charge >= 0.3 is 51.5 Å². The fourth-order valence-corrected chi connectivity index (χ4v) is 4.67. The number of carboxylic acid groups (broad SMARTS) is 2. The number of esters is 4. The van der Waals surface area contributed by atoms with Gasteiger partial charge in [0.15, 0.2) is 6.10 Å². The number of carbonyl (C=O) groups excluding carboxylic acids is 4. The highest BCUT2D eigenvalue weighted by Gasteiger charge is 2.31. The third-order valence-electron chi connectivity index (χ3n) is 5.58. The molecule has 0 aromatic rings. The van der Waals surface area contributed by atoms with E-state index in [0.29, 0.717) is 25.7 Å². The van der Waals surface area contributed by atoms with Crippen LogP contribution in [0.4, 0.5) is 0 Å². The Morgan fingerprint density at radius 1 is 0.519 bits per heavy atom. The third kappa shape index (κ3) is 28.5. The molecule has 0 aliphatic rings. The molecule has 0 aromatic heterocycles. The smallest absolute Gasteiger partial charge is 0.472 e. The zero-order valence-electron chi connectivity index (χ0n) is 29.6. The van der Waals surface area contributed by atoms with Gasteiger partial charge in [-0.3, -0.25) is 46.9 Å². The second kappa shape index (κ2) is 28.5. The number of rotatable bonds is 28. The van der Waals surface area contributed by atoms with Crippen LogP contribution < -0.4 is 11.5 Å². The molecule has 0 radical (unpaired) electrons. The predicted octanol–water partition coefficient (Wildman–Crippen LogP) is 1.17. The number of carboxylic acids is 2. The molecular formula is C28H52N2O20P2. The Bertz CT molecular complexity index is 1180. The molecule has 8 N–H and O–H groups in total. The normalized spacial score (nSPS) is 15.0. The number of nitrogens with two attached hydrogens (primary N) is 2. The van der Waals surface area contributed by atoms with E-state index >= 15 is 0 Å². The van der Waals surface area contributed by atoms with Crippen molar-refractivity contribution in [3.63, 3.8) is 0 Å². The average Bonchev–Trinajstić information content (AvgIpc) is 3.05. The minimum absolute atomic E-state index is 0.111. The van der Waals surface area contributed by atoms with E-state index < -0.39 is 109 Å². The summed E-state index contributed by atoms with van der Waals surface area (Å²) in [7, 11) is -9.35. The van der Waals surface area contributed by atoms with Gasteiger partial charge in [0.25, 0.3) is 0 Å². The summed E-state index contributed by atoms with van der Waals surface area (Å²) < 4.78 is 61.7. The van der Waals surface area contributed by atoms with Crippen LogP contribution >= 0.6 is 15.6 Å².